The van der Waals surface area contributed by atoms with Crippen molar-refractivity contribution in [3.8, 4) is 11.8 Å². The second kappa shape index (κ2) is 9.79. The number of methoxy groups -OCH3 is 1. The molecule has 3 aromatic carbocycles. The molecule has 168 valence electrons. The lowest BCUT2D eigenvalue weighted by molar-refractivity contribution is -0.120. The lowest BCUT2D eigenvalue weighted by Crippen LogP contribution is -2.36. The van der Waals surface area contributed by atoms with Crippen molar-refractivity contribution in [2.75, 3.05) is 31.0 Å². The molecule has 4 rings (SSSR count). The molecule has 5 heteroatoms. The smallest absolute Gasteiger partial charge is 0.234 e. The second-order valence-corrected chi connectivity index (χ2v) is 8.66. The van der Waals surface area contributed by atoms with Gasteiger partial charge in [-0.25, -0.2) is 0 Å². The van der Waals surface area contributed by atoms with Crippen LogP contribution in [-0.2, 0) is 17.8 Å². The Balaban J connectivity index is 1.72. The summed E-state index contributed by atoms with van der Waals surface area (Å²) in [5.41, 5.74) is 5.69. The molecule has 1 amide bonds. The van der Waals surface area contributed by atoms with E-state index in [1.54, 1.807) is 19.2 Å². The Morgan fingerprint density at radius 2 is 1.85 bits per heavy atom. The Hall–Kier alpha value is -3.78. The summed E-state index contributed by atoms with van der Waals surface area (Å²) in [5, 5.41) is 9.42. The van der Waals surface area contributed by atoms with Crippen LogP contribution in [-0.4, -0.2) is 27.1 Å². The molecule has 3 aromatic rings. The lowest BCUT2D eigenvalue weighted by Gasteiger charge is -2.31. The van der Waals surface area contributed by atoms with Crippen LogP contribution < -0.4 is 14.5 Å². The number of nitriles is 1. The van der Waals surface area contributed by atoms with Crippen LogP contribution in [0.25, 0.3) is 0 Å². The number of hydrogen-bond acceptors (Lipinski definition) is 4. The van der Waals surface area contributed by atoms with E-state index in [9.17, 15) is 10.1 Å². The number of carbonyl (C=O) groups is 1. The molecule has 33 heavy (non-hydrogen) atoms. The number of rotatable bonds is 6. The molecule has 0 fully saturated rings. The minimum Gasteiger partial charge on any atom is -0.497 e. The first-order chi connectivity index (χ1) is 16.0. The van der Waals surface area contributed by atoms with Crippen LogP contribution >= 0.6 is 0 Å². The number of anilines is 2. The van der Waals surface area contributed by atoms with Crippen LogP contribution in [0.15, 0.2) is 66.7 Å². The van der Waals surface area contributed by atoms with E-state index in [0.717, 1.165) is 47.5 Å². The van der Waals surface area contributed by atoms with Crippen LogP contribution in [0.2, 0.25) is 0 Å². The first kappa shape index (κ1) is 22.4. The molecular formula is C28H29N3O2. The summed E-state index contributed by atoms with van der Waals surface area (Å²) < 4.78 is 5.44. The average molecular weight is 440 g/mol. The Labute approximate surface area is 195 Å². The van der Waals surface area contributed by atoms with Gasteiger partial charge in [-0.1, -0.05) is 24.3 Å². The fourth-order valence-corrected chi connectivity index (χ4v) is 4.47. The van der Waals surface area contributed by atoms with Crippen molar-refractivity contribution in [3.63, 3.8) is 0 Å². The SMILES string of the molecule is COc1ccc2c(c1)C(C(=O)N(Cc1ccc(N(C)C)cc1)c1cccc(C#N)c1)CCC2. The van der Waals surface area contributed by atoms with Crippen LogP contribution in [0.3, 0.4) is 0 Å². The number of benzene rings is 3. The third-order valence-electron chi connectivity index (χ3n) is 6.31. The summed E-state index contributed by atoms with van der Waals surface area (Å²) in [6.07, 6.45) is 2.74. The second-order valence-electron chi connectivity index (χ2n) is 8.66. The molecule has 0 N–H and O–H groups in total. The Bertz CT molecular complexity index is 1180. The first-order valence-electron chi connectivity index (χ1n) is 11.2. The van der Waals surface area contributed by atoms with Crippen LogP contribution in [0, 0.1) is 11.3 Å². The predicted octanol–water partition coefficient (Wildman–Crippen LogP) is 5.29. The number of carbonyl (C=O) groups excluding carboxylic acids is 1. The summed E-state index contributed by atoms with van der Waals surface area (Å²) >= 11 is 0. The minimum atomic E-state index is -0.240. The van der Waals surface area contributed by atoms with Gasteiger partial charge in [-0.2, -0.15) is 5.26 Å². The zero-order valence-electron chi connectivity index (χ0n) is 19.4. The normalized spacial score (nSPS) is 14.7. The summed E-state index contributed by atoms with van der Waals surface area (Å²) in [5.74, 6) is 0.581. The Morgan fingerprint density at radius 1 is 1.06 bits per heavy atom. The van der Waals surface area contributed by atoms with Gasteiger partial charge in [0.05, 0.1) is 31.2 Å². The molecule has 1 aliphatic carbocycles. The van der Waals surface area contributed by atoms with Gasteiger partial charge >= 0.3 is 0 Å². The molecule has 1 aliphatic rings. The van der Waals surface area contributed by atoms with Crippen molar-refractivity contribution in [1.82, 2.24) is 0 Å². The van der Waals surface area contributed by atoms with Gasteiger partial charge in [-0.15, -0.1) is 0 Å². The summed E-state index contributed by atoms with van der Waals surface area (Å²) in [4.78, 5) is 17.9. The molecule has 0 aliphatic heterocycles. The molecule has 1 atom stereocenters. The molecule has 0 radical (unpaired) electrons. The summed E-state index contributed by atoms with van der Waals surface area (Å²) in [6, 6.07) is 23.8. The number of hydrogen-bond donors (Lipinski definition) is 0. The molecule has 0 aromatic heterocycles. The van der Waals surface area contributed by atoms with E-state index in [1.165, 1.54) is 5.56 Å². The van der Waals surface area contributed by atoms with Crippen molar-refractivity contribution >= 4 is 17.3 Å². The third kappa shape index (κ3) is 4.85. The standard InChI is InChI=1S/C28H29N3O2/c1-30(2)23-13-10-20(11-14-23)19-31(24-8-4-6-21(16-24)18-29)28(32)26-9-5-7-22-12-15-25(33-3)17-27(22)26/h4,6,8,10-17,26H,5,7,9,19H2,1-3H3. The monoisotopic (exact) mass is 439 g/mol. The van der Waals surface area contributed by atoms with Crippen LogP contribution in [0.5, 0.6) is 5.75 Å². The zero-order valence-corrected chi connectivity index (χ0v) is 19.4. The number of aryl methyl sites for hydroxylation is 1. The molecule has 1 unspecified atom stereocenters. The van der Waals surface area contributed by atoms with Crippen molar-refractivity contribution in [2.45, 2.75) is 31.7 Å². The fourth-order valence-electron chi connectivity index (χ4n) is 4.47. The maximum atomic E-state index is 14.0. The molecule has 0 spiro atoms. The summed E-state index contributed by atoms with van der Waals surface area (Å²) in [6.45, 7) is 0.442. The third-order valence-corrected chi connectivity index (χ3v) is 6.31. The van der Waals surface area contributed by atoms with Crippen molar-refractivity contribution in [2.24, 2.45) is 0 Å². The highest BCUT2D eigenvalue weighted by Crippen LogP contribution is 2.37. The molecule has 0 bridgehead atoms. The topological polar surface area (TPSA) is 56.6 Å². The lowest BCUT2D eigenvalue weighted by atomic mass is 9.81. The zero-order chi connectivity index (χ0) is 23.4. The highest BCUT2D eigenvalue weighted by Gasteiger charge is 2.31. The molecular weight excluding hydrogens is 410 g/mol. The summed E-state index contributed by atoms with van der Waals surface area (Å²) in [7, 11) is 5.67. The van der Waals surface area contributed by atoms with E-state index in [4.69, 9.17) is 4.74 Å². The number of nitrogens with zero attached hydrogens (tertiary/aromatic N) is 3. The highest BCUT2D eigenvalue weighted by atomic mass is 16.5. The van der Waals surface area contributed by atoms with Gasteiger partial charge in [0.25, 0.3) is 0 Å². The minimum absolute atomic E-state index is 0.0518. The fraction of sp³-hybridized carbons (Fsp3) is 0.286. The highest BCUT2D eigenvalue weighted by molar-refractivity contribution is 5.98. The van der Waals surface area contributed by atoms with Gasteiger partial charge in [0.1, 0.15) is 5.75 Å². The quantitative estimate of drug-likeness (QED) is 0.524. The number of ether oxygens (including phenoxy) is 1. The van der Waals surface area contributed by atoms with Gasteiger partial charge in [-0.05, 0) is 78.4 Å². The van der Waals surface area contributed by atoms with Gasteiger partial charge < -0.3 is 14.5 Å². The van der Waals surface area contributed by atoms with E-state index in [1.807, 2.05) is 43.3 Å². The van der Waals surface area contributed by atoms with Gasteiger partial charge in [0.2, 0.25) is 5.91 Å². The molecule has 0 heterocycles. The predicted molar refractivity (Wildman–Crippen MR) is 132 cm³/mol. The van der Waals surface area contributed by atoms with Crippen molar-refractivity contribution in [1.29, 1.82) is 5.26 Å². The molecule has 0 saturated carbocycles. The van der Waals surface area contributed by atoms with E-state index in [-0.39, 0.29) is 11.8 Å². The first-order valence-corrected chi connectivity index (χ1v) is 11.2. The van der Waals surface area contributed by atoms with Gasteiger partial charge in [0.15, 0.2) is 0 Å². The number of fused-ring (bicyclic) bond motifs is 1. The van der Waals surface area contributed by atoms with E-state index in [2.05, 4.69) is 41.3 Å². The molecule has 5 nitrogen and oxygen atoms in total. The number of amides is 1. The van der Waals surface area contributed by atoms with E-state index in [0.29, 0.717) is 12.1 Å². The molecule has 0 saturated heterocycles. The Morgan fingerprint density at radius 3 is 2.55 bits per heavy atom. The van der Waals surface area contributed by atoms with Crippen molar-refractivity contribution in [3.05, 3.63) is 89.0 Å². The largest absolute Gasteiger partial charge is 0.497 e. The average Bonchev–Trinajstić information content (AvgIpc) is 2.86. The maximum Gasteiger partial charge on any atom is 0.234 e. The van der Waals surface area contributed by atoms with E-state index < -0.39 is 0 Å². The van der Waals surface area contributed by atoms with Crippen LogP contribution in [0.4, 0.5) is 11.4 Å². The van der Waals surface area contributed by atoms with Crippen LogP contribution in [0.1, 0.15) is 41.0 Å². The van der Waals surface area contributed by atoms with Crippen molar-refractivity contribution < 1.29 is 9.53 Å². The maximum absolute atomic E-state index is 14.0. The van der Waals surface area contributed by atoms with E-state index >= 15 is 0 Å². The Kier molecular flexibility index (Phi) is 6.65. The van der Waals surface area contributed by atoms with Gasteiger partial charge in [-0.3, -0.25) is 4.79 Å². The van der Waals surface area contributed by atoms with Gasteiger partial charge in [0, 0.05) is 25.5 Å².